The van der Waals surface area contributed by atoms with Crippen molar-refractivity contribution in [1.29, 1.82) is 5.26 Å². The summed E-state index contributed by atoms with van der Waals surface area (Å²) in [6.45, 7) is 0. The second-order valence-electron chi connectivity index (χ2n) is 7.93. The van der Waals surface area contributed by atoms with Crippen LogP contribution in [0.15, 0.2) is 48.5 Å². The van der Waals surface area contributed by atoms with Crippen molar-refractivity contribution < 1.29 is 13.5 Å². The summed E-state index contributed by atoms with van der Waals surface area (Å²) in [5.74, 6) is 0. The summed E-state index contributed by atoms with van der Waals surface area (Å²) in [7, 11) is -3.07. The van der Waals surface area contributed by atoms with Gasteiger partial charge in [0, 0.05) is 6.42 Å². The van der Waals surface area contributed by atoms with Crippen LogP contribution in [-0.4, -0.2) is 29.6 Å². The Bertz CT molecular complexity index is 969. The zero-order valence-electron chi connectivity index (χ0n) is 15.1. The molecule has 0 radical (unpaired) electrons. The van der Waals surface area contributed by atoms with Gasteiger partial charge in [-0.1, -0.05) is 48.9 Å². The first kappa shape index (κ1) is 18.2. The van der Waals surface area contributed by atoms with Crippen molar-refractivity contribution in [2.45, 2.75) is 54.6 Å². The molecule has 1 N–H and O–H groups in total. The first-order valence-electron chi connectivity index (χ1n) is 9.45. The van der Waals surface area contributed by atoms with Gasteiger partial charge in [-0.25, -0.2) is 8.42 Å². The highest BCUT2D eigenvalue weighted by Gasteiger charge is 2.50. The predicted molar refractivity (Wildman–Crippen MR) is 105 cm³/mol. The minimum Gasteiger partial charge on any atom is -0.389 e. The summed E-state index contributed by atoms with van der Waals surface area (Å²) < 4.78 is 24.9. The molecule has 2 unspecified atom stereocenters. The largest absolute Gasteiger partial charge is 0.389 e. The lowest BCUT2D eigenvalue weighted by atomic mass is 9.81. The first-order chi connectivity index (χ1) is 12.9. The minimum absolute atomic E-state index is 0.338. The third kappa shape index (κ3) is 3.40. The Morgan fingerprint density at radius 3 is 2.30 bits per heavy atom. The van der Waals surface area contributed by atoms with Gasteiger partial charge in [0.25, 0.3) is 0 Å². The fraction of sp³-hybridized carbons (Fsp3) is 0.409. The number of hydrogen-bond donors (Lipinski definition) is 1. The highest BCUT2D eigenvalue weighted by atomic mass is 32.2. The molecule has 0 spiro atoms. The van der Waals surface area contributed by atoms with Crippen LogP contribution in [0, 0.1) is 11.3 Å². The van der Waals surface area contributed by atoms with Gasteiger partial charge in [0.1, 0.15) is 0 Å². The Labute approximate surface area is 160 Å². The molecule has 27 heavy (non-hydrogen) atoms. The van der Waals surface area contributed by atoms with Crippen molar-refractivity contribution in [3.63, 3.8) is 0 Å². The van der Waals surface area contributed by atoms with Crippen molar-refractivity contribution in [2.24, 2.45) is 0 Å². The average molecular weight is 381 g/mol. The summed E-state index contributed by atoms with van der Waals surface area (Å²) >= 11 is 0. The van der Waals surface area contributed by atoms with Crippen molar-refractivity contribution in [2.75, 3.05) is 0 Å². The van der Waals surface area contributed by atoms with Crippen LogP contribution in [0.5, 0.6) is 0 Å². The Hall–Kier alpha value is -2.16. The third-order valence-corrected chi connectivity index (χ3v) is 8.71. The van der Waals surface area contributed by atoms with E-state index in [-0.39, 0.29) is 0 Å². The molecule has 5 heteroatoms. The lowest BCUT2D eigenvalue weighted by molar-refractivity contribution is 0.00990. The van der Waals surface area contributed by atoms with Gasteiger partial charge in [-0.05, 0) is 48.4 Å². The summed E-state index contributed by atoms with van der Waals surface area (Å²) in [6, 6.07) is 17.6. The predicted octanol–water partition coefficient (Wildman–Crippen LogP) is 3.63. The molecule has 2 aromatic carbocycles. The van der Waals surface area contributed by atoms with E-state index in [0.29, 0.717) is 37.7 Å². The first-order valence-corrected chi connectivity index (χ1v) is 11.1. The molecular formula is C22H23NO3S. The normalized spacial score (nSPS) is 29.0. The fourth-order valence-electron chi connectivity index (χ4n) is 4.70. The van der Waals surface area contributed by atoms with E-state index in [0.717, 1.165) is 23.1 Å². The molecule has 2 aliphatic heterocycles. The maximum absolute atomic E-state index is 12.5. The van der Waals surface area contributed by atoms with Crippen LogP contribution in [0.4, 0.5) is 0 Å². The van der Waals surface area contributed by atoms with E-state index in [1.165, 1.54) is 0 Å². The molecule has 2 saturated heterocycles. The number of aliphatic hydroxyl groups is 1. The van der Waals surface area contributed by atoms with Crippen LogP contribution in [0.3, 0.4) is 0 Å². The van der Waals surface area contributed by atoms with Gasteiger partial charge in [-0.15, -0.1) is 0 Å². The SMILES string of the molecule is N#Cc1ccccc1-c1ccc(CC2(O)CC3CCCC(C2)S3(=O)=O)cc1. The average Bonchev–Trinajstić information content (AvgIpc) is 2.64. The van der Waals surface area contributed by atoms with Gasteiger partial charge in [-0.2, -0.15) is 5.26 Å². The molecule has 0 saturated carbocycles. The van der Waals surface area contributed by atoms with E-state index in [1.54, 1.807) is 6.07 Å². The standard InChI is InChI=1S/C22H23NO3S/c23-15-18-4-1-2-7-21(18)17-10-8-16(9-11-17)12-22(24)13-19-5-3-6-20(14-22)27(19,25)26/h1-2,4,7-11,19-20,24H,3,5-6,12-14H2. The number of sulfone groups is 1. The molecule has 2 atom stereocenters. The fourth-order valence-corrected chi connectivity index (χ4v) is 7.32. The van der Waals surface area contributed by atoms with Gasteiger partial charge in [-0.3, -0.25) is 0 Å². The van der Waals surface area contributed by atoms with E-state index in [2.05, 4.69) is 6.07 Å². The number of nitrogens with zero attached hydrogens (tertiary/aromatic N) is 1. The van der Waals surface area contributed by atoms with Gasteiger partial charge >= 0.3 is 0 Å². The molecule has 0 amide bonds. The molecule has 0 aromatic heterocycles. The Kier molecular flexibility index (Phi) is 4.57. The highest BCUT2D eigenvalue weighted by Crippen LogP contribution is 2.42. The van der Waals surface area contributed by atoms with Crippen LogP contribution in [0.1, 0.15) is 43.2 Å². The van der Waals surface area contributed by atoms with Crippen LogP contribution < -0.4 is 0 Å². The molecule has 4 rings (SSSR count). The monoisotopic (exact) mass is 381 g/mol. The van der Waals surface area contributed by atoms with Gasteiger partial charge < -0.3 is 5.11 Å². The molecule has 2 bridgehead atoms. The lowest BCUT2D eigenvalue weighted by Crippen LogP contribution is -2.52. The number of fused-ring (bicyclic) bond motifs is 2. The van der Waals surface area contributed by atoms with Crippen LogP contribution >= 0.6 is 0 Å². The topological polar surface area (TPSA) is 78.2 Å². The van der Waals surface area contributed by atoms with Crippen molar-refractivity contribution in [3.05, 3.63) is 59.7 Å². The van der Waals surface area contributed by atoms with E-state index >= 15 is 0 Å². The van der Waals surface area contributed by atoms with E-state index in [4.69, 9.17) is 0 Å². The Morgan fingerprint density at radius 2 is 1.67 bits per heavy atom. The molecule has 2 fully saturated rings. The Balaban J connectivity index is 1.55. The number of rotatable bonds is 3. The zero-order valence-corrected chi connectivity index (χ0v) is 16.0. The second-order valence-corrected chi connectivity index (χ2v) is 10.4. The molecule has 140 valence electrons. The zero-order chi connectivity index (χ0) is 19.1. The summed E-state index contributed by atoms with van der Waals surface area (Å²) in [5.41, 5.74) is 2.53. The summed E-state index contributed by atoms with van der Waals surface area (Å²) in [5, 5.41) is 19.6. The molecule has 0 aliphatic carbocycles. The Morgan fingerprint density at radius 1 is 1.04 bits per heavy atom. The van der Waals surface area contributed by atoms with Crippen LogP contribution in [-0.2, 0) is 16.3 Å². The molecule has 2 aromatic rings. The van der Waals surface area contributed by atoms with Crippen LogP contribution in [0.2, 0.25) is 0 Å². The summed E-state index contributed by atoms with van der Waals surface area (Å²) in [6.07, 6.45) is 3.43. The summed E-state index contributed by atoms with van der Waals surface area (Å²) in [4.78, 5) is 0. The van der Waals surface area contributed by atoms with Crippen LogP contribution in [0.25, 0.3) is 11.1 Å². The van der Waals surface area contributed by atoms with E-state index in [1.807, 2.05) is 42.5 Å². The second kappa shape index (κ2) is 6.78. The third-order valence-electron chi connectivity index (χ3n) is 6.04. The van der Waals surface area contributed by atoms with Gasteiger partial charge in [0.15, 0.2) is 9.84 Å². The molecule has 2 heterocycles. The smallest absolute Gasteiger partial charge is 0.156 e. The number of hydrogen-bond acceptors (Lipinski definition) is 4. The van der Waals surface area contributed by atoms with Crippen molar-refractivity contribution in [3.8, 4) is 17.2 Å². The maximum Gasteiger partial charge on any atom is 0.156 e. The quantitative estimate of drug-likeness (QED) is 0.881. The molecule has 4 nitrogen and oxygen atoms in total. The lowest BCUT2D eigenvalue weighted by Gasteiger charge is -2.44. The molecule has 2 aliphatic rings. The van der Waals surface area contributed by atoms with Gasteiger partial charge in [0.2, 0.25) is 0 Å². The van der Waals surface area contributed by atoms with Gasteiger partial charge in [0.05, 0.1) is 27.7 Å². The van der Waals surface area contributed by atoms with E-state index in [9.17, 15) is 18.8 Å². The molecular weight excluding hydrogens is 358 g/mol. The number of nitriles is 1. The highest BCUT2D eigenvalue weighted by molar-refractivity contribution is 7.92. The van der Waals surface area contributed by atoms with E-state index < -0.39 is 25.9 Å². The number of benzene rings is 2. The van der Waals surface area contributed by atoms with Crippen molar-refractivity contribution >= 4 is 9.84 Å². The van der Waals surface area contributed by atoms with Crippen molar-refractivity contribution in [1.82, 2.24) is 0 Å². The maximum atomic E-state index is 12.5. The minimum atomic E-state index is -3.07.